The second kappa shape index (κ2) is 5.50. The molecule has 1 atom stereocenters. The molecule has 0 saturated heterocycles. The van der Waals surface area contributed by atoms with Gasteiger partial charge in [0.15, 0.2) is 0 Å². The van der Waals surface area contributed by atoms with E-state index >= 15 is 0 Å². The van der Waals surface area contributed by atoms with E-state index in [0.29, 0.717) is 0 Å². The van der Waals surface area contributed by atoms with Crippen molar-refractivity contribution < 1.29 is 4.79 Å². The van der Waals surface area contributed by atoms with Crippen LogP contribution in [0.15, 0.2) is 51.4 Å². The molecule has 0 fully saturated rings. The first kappa shape index (κ1) is 13.5. The molecular formula is C15H13BrN2OS. The van der Waals surface area contributed by atoms with Crippen LogP contribution in [-0.2, 0) is 4.79 Å². The predicted octanol–water partition coefficient (Wildman–Crippen LogP) is 4.21. The van der Waals surface area contributed by atoms with Gasteiger partial charge in [0.25, 0.3) is 0 Å². The lowest BCUT2D eigenvalue weighted by molar-refractivity contribution is -0.130. The fourth-order valence-electron chi connectivity index (χ4n) is 2.33. The summed E-state index contributed by atoms with van der Waals surface area (Å²) in [5.41, 5.74) is 2.05. The summed E-state index contributed by atoms with van der Waals surface area (Å²) in [4.78, 5) is 13.0. The van der Waals surface area contributed by atoms with Crippen LogP contribution < -0.4 is 0 Å². The van der Waals surface area contributed by atoms with E-state index in [1.807, 2.05) is 36.4 Å². The Morgan fingerprint density at radius 2 is 2.05 bits per heavy atom. The van der Waals surface area contributed by atoms with Crippen molar-refractivity contribution in [3.05, 3.63) is 56.7 Å². The number of benzene rings is 1. The molecule has 1 aromatic heterocycles. The van der Waals surface area contributed by atoms with Crippen molar-refractivity contribution in [2.45, 2.75) is 19.4 Å². The minimum Gasteiger partial charge on any atom is -0.273 e. The summed E-state index contributed by atoms with van der Waals surface area (Å²) in [6.07, 6.45) is 0.760. The topological polar surface area (TPSA) is 32.7 Å². The Labute approximate surface area is 130 Å². The van der Waals surface area contributed by atoms with Crippen LogP contribution in [-0.4, -0.2) is 16.6 Å². The fourth-order valence-corrected chi connectivity index (χ4v) is 3.84. The van der Waals surface area contributed by atoms with Gasteiger partial charge in [0.05, 0.1) is 15.5 Å². The molecule has 5 heteroatoms. The number of rotatable bonds is 2. The third-order valence-electron chi connectivity index (χ3n) is 3.26. The smallest absolute Gasteiger partial charge is 0.240 e. The summed E-state index contributed by atoms with van der Waals surface area (Å²) in [5.74, 6) is -0.0227. The Bertz CT molecular complexity index is 666. The van der Waals surface area contributed by atoms with Gasteiger partial charge in [-0.05, 0) is 33.6 Å². The molecule has 102 valence electrons. The summed E-state index contributed by atoms with van der Waals surface area (Å²) in [6, 6.07) is 14.1. The van der Waals surface area contributed by atoms with Gasteiger partial charge in [-0.3, -0.25) is 4.79 Å². The average molecular weight is 349 g/mol. The van der Waals surface area contributed by atoms with Gasteiger partial charge in [-0.15, -0.1) is 11.3 Å². The lowest BCUT2D eigenvalue weighted by Gasteiger charge is -2.18. The largest absolute Gasteiger partial charge is 0.273 e. The zero-order chi connectivity index (χ0) is 14.1. The second-order valence-electron chi connectivity index (χ2n) is 4.64. The molecule has 0 spiro atoms. The van der Waals surface area contributed by atoms with E-state index in [2.05, 4.69) is 27.1 Å². The van der Waals surface area contributed by atoms with Gasteiger partial charge in [0.2, 0.25) is 5.91 Å². The van der Waals surface area contributed by atoms with Crippen molar-refractivity contribution in [1.29, 1.82) is 0 Å². The zero-order valence-electron chi connectivity index (χ0n) is 10.9. The van der Waals surface area contributed by atoms with Gasteiger partial charge in [-0.25, -0.2) is 5.01 Å². The number of nitrogens with zero attached hydrogens (tertiary/aromatic N) is 2. The number of hydrazone groups is 1. The van der Waals surface area contributed by atoms with Crippen LogP contribution in [0.1, 0.15) is 29.8 Å². The maximum atomic E-state index is 11.8. The molecule has 1 aromatic carbocycles. The van der Waals surface area contributed by atoms with Crippen LogP contribution in [0, 0.1) is 0 Å². The van der Waals surface area contributed by atoms with Crippen LogP contribution in [0.2, 0.25) is 0 Å². The second-order valence-corrected chi connectivity index (χ2v) is 7.13. The maximum absolute atomic E-state index is 11.8. The quantitative estimate of drug-likeness (QED) is 0.800. The first-order valence-electron chi connectivity index (χ1n) is 6.33. The molecule has 0 N–H and O–H groups in total. The molecular weight excluding hydrogens is 336 g/mol. The van der Waals surface area contributed by atoms with Crippen molar-refractivity contribution in [1.82, 2.24) is 5.01 Å². The van der Waals surface area contributed by atoms with Crippen molar-refractivity contribution in [3.63, 3.8) is 0 Å². The SMILES string of the molecule is CC(=O)N1N=C(c2ccccc2)CC1c1ccc(Br)s1. The first-order chi connectivity index (χ1) is 9.65. The van der Waals surface area contributed by atoms with Crippen molar-refractivity contribution in [2.75, 3.05) is 0 Å². The van der Waals surface area contributed by atoms with E-state index in [9.17, 15) is 4.79 Å². The van der Waals surface area contributed by atoms with E-state index in [4.69, 9.17) is 0 Å². The lowest BCUT2D eigenvalue weighted by atomic mass is 10.0. The molecule has 0 aliphatic carbocycles. The van der Waals surface area contributed by atoms with E-state index < -0.39 is 0 Å². The van der Waals surface area contributed by atoms with Crippen LogP contribution in [0.3, 0.4) is 0 Å². The third-order valence-corrected chi connectivity index (χ3v) is 4.99. The fraction of sp³-hybridized carbons (Fsp3) is 0.200. The van der Waals surface area contributed by atoms with Crippen LogP contribution in [0.4, 0.5) is 0 Å². The number of amides is 1. The minimum absolute atomic E-state index is 0.0130. The van der Waals surface area contributed by atoms with Crippen molar-refractivity contribution in [3.8, 4) is 0 Å². The van der Waals surface area contributed by atoms with Crippen molar-refractivity contribution >= 4 is 38.9 Å². The lowest BCUT2D eigenvalue weighted by Crippen LogP contribution is -2.23. The Kier molecular flexibility index (Phi) is 3.72. The van der Waals surface area contributed by atoms with E-state index in [1.54, 1.807) is 23.3 Å². The summed E-state index contributed by atoms with van der Waals surface area (Å²) in [5, 5.41) is 6.11. The van der Waals surface area contributed by atoms with Gasteiger partial charge >= 0.3 is 0 Å². The number of hydrogen-bond donors (Lipinski definition) is 0. The highest BCUT2D eigenvalue weighted by atomic mass is 79.9. The van der Waals surface area contributed by atoms with Gasteiger partial charge in [0, 0.05) is 18.2 Å². The monoisotopic (exact) mass is 348 g/mol. The molecule has 3 rings (SSSR count). The first-order valence-corrected chi connectivity index (χ1v) is 7.94. The highest BCUT2D eigenvalue weighted by molar-refractivity contribution is 9.11. The van der Waals surface area contributed by atoms with E-state index in [1.165, 1.54) is 0 Å². The molecule has 0 bridgehead atoms. The Hall–Kier alpha value is -1.46. The minimum atomic E-state index is -0.0227. The van der Waals surface area contributed by atoms with Gasteiger partial charge in [0.1, 0.15) is 0 Å². The van der Waals surface area contributed by atoms with Crippen LogP contribution >= 0.6 is 27.3 Å². The van der Waals surface area contributed by atoms with Crippen molar-refractivity contribution in [2.24, 2.45) is 5.10 Å². The van der Waals surface area contributed by atoms with E-state index in [-0.39, 0.29) is 11.9 Å². The molecule has 0 saturated carbocycles. The molecule has 2 heterocycles. The van der Waals surface area contributed by atoms with Gasteiger partial charge < -0.3 is 0 Å². The maximum Gasteiger partial charge on any atom is 0.240 e. The van der Waals surface area contributed by atoms with Gasteiger partial charge in [-0.2, -0.15) is 5.10 Å². The molecule has 20 heavy (non-hydrogen) atoms. The summed E-state index contributed by atoms with van der Waals surface area (Å²) < 4.78 is 1.07. The molecule has 1 amide bonds. The number of halogens is 1. The molecule has 0 radical (unpaired) electrons. The number of thiophene rings is 1. The Balaban J connectivity index is 1.94. The molecule has 1 aliphatic heterocycles. The Morgan fingerprint density at radius 1 is 1.30 bits per heavy atom. The zero-order valence-corrected chi connectivity index (χ0v) is 13.3. The highest BCUT2D eigenvalue weighted by Crippen LogP contribution is 2.37. The van der Waals surface area contributed by atoms with Crippen LogP contribution in [0.5, 0.6) is 0 Å². The third kappa shape index (κ3) is 2.55. The number of carbonyl (C=O) groups excluding carboxylic acids is 1. The van der Waals surface area contributed by atoms with Crippen LogP contribution in [0.25, 0.3) is 0 Å². The number of carbonyl (C=O) groups is 1. The van der Waals surface area contributed by atoms with Gasteiger partial charge in [-0.1, -0.05) is 30.3 Å². The standard InChI is InChI=1S/C15H13BrN2OS/c1-10(19)18-13(14-7-8-15(16)20-14)9-12(17-18)11-5-3-2-4-6-11/h2-8,13H,9H2,1H3. The molecule has 3 nitrogen and oxygen atoms in total. The number of hydrogen-bond acceptors (Lipinski definition) is 3. The highest BCUT2D eigenvalue weighted by Gasteiger charge is 2.32. The molecule has 1 aliphatic rings. The molecule has 2 aromatic rings. The molecule has 1 unspecified atom stereocenters. The summed E-state index contributed by atoms with van der Waals surface area (Å²) in [6.45, 7) is 1.56. The van der Waals surface area contributed by atoms with E-state index in [0.717, 1.165) is 26.4 Å². The normalized spacial score (nSPS) is 18.2. The average Bonchev–Trinajstić information content (AvgIpc) is 3.05. The summed E-state index contributed by atoms with van der Waals surface area (Å²) >= 11 is 5.13. The summed E-state index contributed by atoms with van der Waals surface area (Å²) in [7, 11) is 0. The Morgan fingerprint density at radius 3 is 2.65 bits per heavy atom. The predicted molar refractivity (Wildman–Crippen MR) is 84.9 cm³/mol.